The average Bonchev–Trinajstić information content (AvgIpc) is 2.17. The normalized spacial score (nSPS) is 15.5. The van der Waals surface area contributed by atoms with Crippen LogP contribution in [0.1, 0.15) is 24.8 Å². The van der Waals surface area contributed by atoms with Gasteiger partial charge in [0.25, 0.3) is 0 Å². The first-order chi connectivity index (χ1) is 7.29. The van der Waals surface area contributed by atoms with E-state index in [1.807, 2.05) is 0 Å². The molecule has 4 heteroatoms. The predicted molar refractivity (Wildman–Crippen MR) is 62.5 cm³/mol. The van der Waals surface area contributed by atoms with Crippen LogP contribution in [-0.4, -0.2) is 11.5 Å². The van der Waals surface area contributed by atoms with Crippen molar-refractivity contribution in [3.8, 4) is 6.07 Å². The molecule has 0 bridgehead atoms. The maximum absolute atomic E-state index is 8.93. The van der Waals surface area contributed by atoms with Crippen molar-refractivity contribution in [2.45, 2.75) is 19.3 Å². The molecular formula is C11H12BrN3. The first kappa shape index (κ1) is 10.4. The molecule has 1 heterocycles. The third-order valence-electron chi connectivity index (χ3n) is 2.76. The number of nitriles is 1. The van der Waals surface area contributed by atoms with Crippen LogP contribution in [0.2, 0.25) is 0 Å². The Labute approximate surface area is 97.6 Å². The third-order valence-corrected chi connectivity index (χ3v) is 3.19. The maximum Gasteiger partial charge on any atom is 0.143 e. The zero-order valence-corrected chi connectivity index (χ0v) is 9.92. The van der Waals surface area contributed by atoms with Crippen molar-refractivity contribution in [3.63, 3.8) is 0 Å². The lowest BCUT2D eigenvalue weighted by Crippen LogP contribution is -2.21. The second-order valence-electron chi connectivity index (χ2n) is 3.84. The molecule has 1 aliphatic carbocycles. The number of rotatable bonds is 3. The molecule has 0 aliphatic heterocycles. The van der Waals surface area contributed by atoms with E-state index < -0.39 is 0 Å². The van der Waals surface area contributed by atoms with Gasteiger partial charge in [-0.1, -0.05) is 6.42 Å². The molecule has 15 heavy (non-hydrogen) atoms. The van der Waals surface area contributed by atoms with Crippen molar-refractivity contribution >= 4 is 21.7 Å². The molecule has 1 aliphatic rings. The molecule has 0 radical (unpaired) electrons. The summed E-state index contributed by atoms with van der Waals surface area (Å²) in [7, 11) is 0. The Kier molecular flexibility index (Phi) is 3.22. The minimum Gasteiger partial charge on any atom is -0.369 e. The molecule has 1 aromatic rings. The van der Waals surface area contributed by atoms with Gasteiger partial charge in [0.05, 0.1) is 5.56 Å². The van der Waals surface area contributed by atoms with Gasteiger partial charge in [0.2, 0.25) is 0 Å². The van der Waals surface area contributed by atoms with Gasteiger partial charge in [-0.25, -0.2) is 4.98 Å². The Morgan fingerprint density at radius 1 is 1.60 bits per heavy atom. The van der Waals surface area contributed by atoms with Crippen LogP contribution in [0.25, 0.3) is 0 Å². The molecule has 3 nitrogen and oxygen atoms in total. The molecule has 0 unspecified atom stereocenters. The van der Waals surface area contributed by atoms with E-state index in [0.717, 1.165) is 16.9 Å². The summed E-state index contributed by atoms with van der Waals surface area (Å²) in [6.07, 6.45) is 5.64. The lowest BCUT2D eigenvalue weighted by molar-refractivity contribution is 0.333. The molecule has 1 aromatic heterocycles. The fourth-order valence-electron chi connectivity index (χ4n) is 1.60. The fraction of sp³-hybridized carbons (Fsp3) is 0.455. The Balaban J connectivity index is 2.03. The summed E-state index contributed by atoms with van der Waals surface area (Å²) in [5.74, 6) is 1.47. The molecule has 1 saturated carbocycles. The van der Waals surface area contributed by atoms with Gasteiger partial charge < -0.3 is 5.32 Å². The number of nitrogens with one attached hydrogen (secondary N) is 1. The first-order valence-corrected chi connectivity index (χ1v) is 5.88. The van der Waals surface area contributed by atoms with Crippen LogP contribution in [0.3, 0.4) is 0 Å². The Morgan fingerprint density at radius 3 is 3.00 bits per heavy atom. The maximum atomic E-state index is 8.93. The highest BCUT2D eigenvalue weighted by Gasteiger charge is 2.17. The van der Waals surface area contributed by atoms with Crippen LogP contribution < -0.4 is 5.32 Å². The van der Waals surface area contributed by atoms with Crippen LogP contribution in [-0.2, 0) is 0 Å². The van der Waals surface area contributed by atoms with Crippen molar-refractivity contribution in [2.75, 3.05) is 11.9 Å². The van der Waals surface area contributed by atoms with Crippen molar-refractivity contribution in [1.29, 1.82) is 5.26 Å². The van der Waals surface area contributed by atoms with Crippen LogP contribution in [0.15, 0.2) is 16.7 Å². The van der Waals surface area contributed by atoms with Crippen LogP contribution in [0, 0.1) is 17.2 Å². The Morgan fingerprint density at radius 2 is 2.40 bits per heavy atom. The van der Waals surface area contributed by atoms with E-state index in [0.29, 0.717) is 11.4 Å². The zero-order chi connectivity index (χ0) is 10.7. The number of hydrogen-bond acceptors (Lipinski definition) is 3. The van der Waals surface area contributed by atoms with Gasteiger partial charge in [-0.15, -0.1) is 0 Å². The van der Waals surface area contributed by atoms with Crippen molar-refractivity contribution in [2.24, 2.45) is 5.92 Å². The molecule has 0 saturated heterocycles. The number of halogens is 1. The van der Waals surface area contributed by atoms with E-state index in [4.69, 9.17) is 5.26 Å². The lowest BCUT2D eigenvalue weighted by atomic mass is 9.85. The van der Waals surface area contributed by atoms with Crippen molar-refractivity contribution in [1.82, 2.24) is 4.98 Å². The van der Waals surface area contributed by atoms with E-state index in [9.17, 15) is 0 Å². The van der Waals surface area contributed by atoms with E-state index in [1.165, 1.54) is 19.3 Å². The fourth-order valence-corrected chi connectivity index (χ4v) is 1.93. The summed E-state index contributed by atoms with van der Waals surface area (Å²) in [5.41, 5.74) is 0.601. The van der Waals surface area contributed by atoms with E-state index in [2.05, 4.69) is 32.3 Å². The minimum atomic E-state index is 0.601. The second kappa shape index (κ2) is 4.63. The Bertz CT molecular complexity index is 393. The molecule has 2 rings (SSSR count). The van der Waals surface area contributed by atoms with Gasteiger partial charge in [-0.3, -0.25) is 0 Å². The average molecular weight is 266 g/mol. The predicted octanol–water partition coefficient (Wildman–Crippen LogP) is 2.93. The van der Waals surface area contributed by atoms with Crippen molar-refractivity contribution in [3.05, 3.63) is 22.3 Å². The van der Waals surface area contributed by atoms with Crippen LogP contribution >= 0.6 is 15.9 Å². The summed E-state index contributed by atoms with van der Waals surface area (Å²) in [6, 6.07) is 3.93. The summed E-state index contributed by atoms with van der Waals surface area (Å²) >= 11 is 3.30. The molecule has 1 fully saturated rings. The van der Waals surface area contributed by atoms with E-state index >= 15 is 0 Å². The number of hydrogen-bond donors (Lipinski definition) is 1. The van der Waals surface area contributed by atoms with Gasteiger partial charge in [0.15, 0.2) is 0 Å². The summed E-state index contributed by atoms with van der Waals surface area (Å²) in [4.78, 5) is 4.20. The van der Waals surface area contributed by atoms with Gasteiger partial charge in [0.1, 0.15) is 11.9 Å². The number of anilines is 1. The van der Waals surface area contributed by atoms with Crippen LogP contribution in [0.5, 0.6) is 0 Å². The Hall–Kier alpha value is -1.08. The molecule has 0 spiro atoms. The topological polar surface area (TPSA) is 48.7 Å². The standard InChI is InChI=1S/C11H12BrN3/c12-10-4-9(5-13)11(15-7-10)14-6-8-2-1-3-8/h4,7-8H,1-3,6H2,(H,14,15). The smallest absolute Gasteiger partial charge is 0.143 e. The summed E-state index contributed by atoms with van der Waals surface area (Å²) < 4.78 is 0.841. The highest BCUT2D eigenvalue weighted by molar-refractivity contribution is 9.10. The molecule has 1 N–H and O–H groups in total. The lowest BCUT2D eigenvalue weighted by Gasteiger charge is -2.25. The molecule has 0 atom stereocenters. The van der Waals surface area contributed by atoms with Gasteiger partial charge >= 0.3 is 0 Å². The van der Waals surface area contributed by atoms with E-state index in [-0.39, 0.29) is 0 Å². The van der Waals surface area contributed by atoms with Gasteiger partial charge in [-0.2, -0.15) is 5.26 Å². The third kappa shape index (κ3) is 2.48. The van der Waals surface area contributed by atoms with Crippen molar-refractivity contribution < 1.29 is 0 Å². The number of pyridine rings is 1. The number of aromatic nitrogens is 1. The molecule has 0 amide bonds. The van der Waals surface area contributed by atoms with Crippen LogP contribution in [0.4, 0.5) is 5.82 Å². The highest BCUT2D eigenvalue weighted by atomic mass is 79.9. The quantitative estimate of drug-likeness (QED) is 0.915. The SMILES string of the molecule is N#Cc1cc(Br)cnc1NCC1CCC1. The summed E-state index contributed by atoms with van der Waals surface area (Å²) in [5, 5.41) is 12.2. The summed E-state index contributed by atoms with van der Waals surface area (Å²) in [6.45, 7) is 0.934. The zero-order valence-electron chi connectivity index (χ0n) is 8.33. The minimum absolute atomic E-state index is 0.601. The molecule has 0 aromatic carbocycles. The second-order valence-corrected chi connectivity index (χ2v) is 4.76. The largest absolute Gasteiger partial charge is 0.369 e. The van der Waals surface area contributed by atoms with Gasteiger partial charge in [0, 0.05) is 17.2 Å². The first-order valence-electron chi connectivity index (χ1n) is 5.09. The molecule has 78 valence electrons. The highest BCUT2D eigenvalue weighted by Crippen LogP contribution is 2.26. The molecular weight excluding hydrogens is 254 g/mol. The van der Waals surface area contributed by atoms with E-state index in [1.54, 1.807) is 12.3 Å². The number of nitrogens with zero attached hydrogens (tertiary/aromatic N) is 2. The monoisotopic (exact) mass is 265 g/mol. The van der Waals surface area contributed by atoms with Gasteiger partial charge in [-0.05, 0) is 40.8 Å².